The van der Waals surface area contributed by atoms with Crippen molar-refractivity contribution < 1.29 is 0 Å². The van der Waals surface area contributed by atoms with Crippen molar-refractivity contribution in [3.63, 3.8) is 0 Å². The van der Waals surface area contributed by atoms with Crippen LogP contribution in [0.1, 0.15) is 0 Å². The van der Waals surface area contributed by atoms with E-state index < -0.39 is 0 Å². The average molecular weight is 1870 g/mol. The Balaban J connectivity index is 0.000000114. The van der Waals surface area contributed by atoms with Gasteiger partial charge in [0, 0.05) is 0 Å². The van der Waals surface area contributed by atoms with Crippen molar-refractivity contribution in [2.45, 2.75) is 0 Å². The molecule has 33 aromatic rings. The summed E-state index contributed by atoms with van der Waals surface area (Å²) in [6, 6.07) is 200. The molecule has 0 aliphatic carbocycles. The lowest BCUT2D eigenvalue weighted by Crippen LogP contribution is -1.93. The van der Waals surface area contributed by atoms with Gasteiger partial charge in [-0.1, -0.05) is 461 Å². The summed E-state index contributed by atoms with van der Waals surface area (Å²) in [5.74, 6) is 0. The summed E-state index contributed by atoms with van der Waals surface area (Å²) in [5, 5.41) is 54.1. The van der Waals surface area contributed by atoms with Crippen LogP contribution < -0.4 is 0 Å². The van der Waals surface area contributed by atoms with E-state index in [9.17, 15) is 0 Å². The van der Waals surface area contributed by atoms with Gasteiger partial charge in [-0.25, -0.2) is 0 Å². The predicted octanol–water partition coefficient (Wildman–Crippen LogP) is 42.0. The Bertz CT molecular complexity index is 10300. The van der Waals surface area contributed by atoms with Crippen molar-refractivity contribution in [2.75, 3.05) is 0 Å². The highest BCUT2D eigenvalue weighted by molar-refractivity contribution is 6.32. The lowest BCUT2D eigenvalue weighted by molar-refractivity contribution is 1.58. The van der Waals surface area contributed by atoms with E-state index >= 15 is 0 Å². The third kappa shape index (κ3) is 13.3. The van der Waals surface area contributed by atoms with Crippen molar-refractivity contribution in [1.29, 1.82) is 0 Å². The Morgan fingerprint density at radius 2 is 0.270 bits per heavy atom. The summed E-state index contributed by atoms with van der Waals surface area (Å²) in [5.41, 5.74) is 22.3. The van der Waals surface area contributed by atoms with E-state index in [4.69, 9.17) is 0 Å². The lowest BCUT2D eigenvalue weighted by Gasteiger charge is -2.19. The third-order valence-electron chi connectivity index (χ3n) is 32.6. The molecule has 0 nitrogen and oxygen atoms in total. The van der Waals surface area contributed by atoms with E-state index in [0.717, 1.165) is 0 Å². The lowest BCUT2D eigenvalue weighted by atomic mass is 9.84. The number of hydrogen-bond acceptors (Lipinski definition) is 0. The highest BCUT2D eigenvalue weighted by Gasteiger charge is 2.25. The van der Waals surface area contributed by atoms with Gasteiger partial charge in [-0.3, -0.25) is 0 Å². The van der Waals surface area contributed by atoms with Gasteiger partial charge < -0.3 is 0 Å². The summed E-state index contributed by atoms with van der Waals surface area (Å²) in [6.07, 6.45) is 0. The second kappa shape index (κ2) is 33.2. The highest BCUT2D eigenvalue weighted by atomic mass is 14.3. The maximum Gasteiger partial charge on any atom is -0.00206 e. The zero-order chi connectivity index (χ0) is 96.9. The molecule has 0 unspecified atom stereocenters. The molecule has 0 N–H and O–H groups in total. The SMILES string of the molecule is c1cc2ccc3ccc(-c4cc(-c5cc(-c6ccc7ccc8cccc9ccc6c7c89)cc(-c6ccc7ccc8cccc9ccc6c7c89)c5)cc(-c5ccc6ccc7cccc8ccc5c6c78)c4)c4ccc(c1)c2c34.c1ccc2c(-c3ccc4ccc5ccc(-c6cccc7ccccc67)cc5c4c3)cccc2c1.c1ccc2cc(-c3cc4c5ccccc5c(-c5ccc6ccccc6c5)cc4c4ccccc34)ccc2c1. The van der Waals surface area contributed by atoms with Crippen LogP contribution in [0.25, 0.3) is 326 Å². The van der Waals surface area contributed by atoms with Crippen LogP contribution in [-0.4, -0.2) is 0 Å². The van der Waals surface area contributed by atoms with Gasteiger partial charge in [0.25, 0.3) is 0 Å². The highest BCUT2D eigenvalue weighted by Crippen LogP contribution is 2.52. The molecule has 0 fully saturated rings. The maximum absolute atomic E-state index is 2.47. The molecule has 0 aliphatic heterocycles. The molecular weight excluding hydrogens is 1780 g/mol. The summed E-state index contributed by atoms with van der Waals surface area (Å²) in [4.78, 5) is 0. The van der Waals surface area contributed by atoms with E-state index in [0.29, 0.717) is 0 Å². The van der Waals surface area contributed by atoms with E-state index in [1.54, 1.807) is 0 Å². The first-order valence-electron chi connectivity index (χ1n) is 51.6. The van der Waals surface area contributed by atoms with E-state index in [-0.39, 0.29) is 0 Å². The molecule has 680 valence electrons. The Hall–Kier alpha value is -19.2. The van der Waals surface area contributed by atoms with Crippen LogP contribution in [0.5, 0.6) is 0 Å². The molecule has 0 heteroatoms. The largest absolute Gasteiger partial charge is 0.0616 e. The maximum atomic E-state index is 2.47. The van der Waals surface area contributed by atoms with Gasteiger partial charge in [-0.05, 0) is 399 Å². The fourth-order valence-corrected chi connectivity index (χ4v) is 25.6. The summed E-state index contributed by atoms with van der Waals surface area (Å²) >= 11 is 0. The quantitative estimate of drug-likeness (QED) is 0.126. The molecule has 0 bridgehead atoms. The van der Waals surface area contributed by atoms with Gasteiger partial charge >= 0.3 is 0 Å². The molecule has 0 heterocycles. The summed E-state index contributed by atoms with van der Waals surface area (Å²) < 4.78 is 0. The van der Waals surface area contributed by atoms with Crippen LogP contribution >= 0.6 is 0 Å². The Kier molecular flexibility index (Phi) is 18.7. The molecule has 0 radical (unpaired) electrons. The molecule has 0 aliphatic rings. The molecule has 0 amide bonds. The number of benzene rings is 33. The smallest absolute Gasteiger partial charge is 0.00206 e. The van der Waals surface area contributed by atoms with Crippen molar-refractivity contribution in [2.24, 2.45) is 0 Å². The molecule has 0 saturated carbocycles. The average Bonchev–Trinajstić information content (AvgIpc) is 0.729. The van der Waals surface area contributed by atoms with E-state index in [1.165, 1.54) is 326 Å². The fourth-order valence-electron chi connectivity index (χ4n) is 25.6. The number of fused-ring (bicyclic) bond motifs is 12. The van der Waals surface area contributed by atoms with Gasteiger partial charge in [0.05, 0.1) is 0 Å². The molecule has 33 rings (SSSR count). The molecular formula is C148H88. The summed E-state index contributed by atoms with van der Waals surface area (Å²) in [7, 11) is 0. The van der Waals surface area contributed by atoms with Crippen molar-refractivity contribution in [1.82, 2.24) is 0 Å². The van der Waals surface area contributed by atoms with Crippen LogP contribution in [0.2, 0.25) is 0 Å². The first kappa shape index (κ1) is 83.4. The predicted molar refractivity (Wildman–Crippen MR) is 641 cm³/mol. The zero-order valence-electron chi connectivity index (χ0n) is 80.8. The van der Waals surface area contributed by atoms with E-state index in [1.807, 2.05) is 0 Å². The molecule has 0 atom stereocenters. The van der Waals surface area contributed by atoms with Crippen LogP contribution in [0.3, 0.4) is 0 Å². The number of hydrogen-bond donors (Lipinski definition) is 0. The van der Waals surface area contributed by atoms with Gasteiger partial charge in [-0.2, -0.15) is 0 Å². The van der Waals surface area contributed by atoms with Gasteiger partial charge in [0.1, 0.15) is 0 Å². The van der Waals surface area contributed by atoms with E-state index in [2.05, 4.69) is 534 Å². The molecule has 33 aromatic carbocycles. The van der Waals surface area contributed by atoms with Crippen molar-refractivity contribution in [3.8, 4) is 100 Å². The van der Waals surface area contributed by atoms with Crippen molar-refractivity contribution in [3.05, 3.63) is 534 Å². The summed E-state index contributed by atoms with van der Waals surface area (Å²) in [6.45, 7) is 0. The first-order valence-corrected chi connectivity index (χ1v) is 51.6. The fraction of sp³-hybridized carbons (Fsp3) is 0. The second-order valence-corrected chi connectivity index (χ2v) is 40.6. The third-order valence-corrected chi connectivity index (χ3v) is 32.6. The molecule has 148 heavy (non-hydrogen) atoms. The monoisotopic (exact) mass is 1860 g/mol. The van der Waals surface area contributed by atoms with Crippen LogP contribution in [0, 0.1) is 0 Å². The molecule has 0 spiro atoms. The van der Waals surface area contributed by atoms with Gasteiger partial charge in [-0.15, -0.1) is 0 Å². The minimum absolute atomic E-state index is 1.18. The molecule has 0 aromatic heterocycles. The van der Waals surface area contributed by atoms with Crippen LogP contribution in [-0.2, 0) is 0 Å². The standard InChI is InChI=1S/C76H42.C38H24.C34H22/c1-5-43-13-17-51-21-29-61(65-33-25-47(9-1)69(43)73(51)65)57-37-55(38-58(41-57)62-30-22-52-18-14-44-6-2-10-48-26-34-66(62)74(52)70(44)48)56-39-59(63-31-23-53-19-15-45-7-3-11-49-27-35-67(63)75(53)71(45)49)42-60(40-56)64-32-24-54-20-16-46-8-4-12-50-28-36-68(64)76(54)72(46)50;1-3-11-27-21-29(19-17-25(27)9-1)35-23-37-34-16-8-6-14-32(34)36(24-38(37)33-15-7-5-13-31(33)35)30-20-18-26-10-2-4-12-28(26)22-30;1-3-11-29-23(7-1)9-5-13-31(29)27-19-17-25-15-16-26-18-20-28(22-34(26)33(25)21-27)32-14-6-10-24-8-2-4-12-30(24)32/h1-42H;1-24H;1-22H. The van der Waals surface area contributed by atoms with Crippen LogP contribution in [0.4, 0.5) is 0 Å². The zero-order valence-corrected chi connectivity index (χ0v) is 80.8. The normalized spacial score (nSPS) is 12.1. The minimum atomic E-state index is 1.18. The Labute approximate surface area is 853 Å². The van der Waals surface area contributed by atoms with Crippen LogP contribution in [0.15, 0.2) is 534 Å². The number of rotatable bonds is 9. The minimum Gasteiger partial charge on any atom is -0.0616 e. The van der Waals surface area contributed by atoms with Gasteiger partial charge in [0.15, 0.2) is 0 Å². The Morgan fingerprint density at radius 1 is 0.0676 bits per heavy atom. The van der Waals surface area contributed by atoms with Crippen molar-refractivity contribution >= 4 is 226 Å². The second-order valence-electron chi connectivity index (χ2n) is 40.6. The topological polar surface area (TPSA) is 0 Å². The Morgan fingerprint density at radius 3 is 0.595 bits per heavy atom. The molecule has 0 saturated heterocycles. The van der Waals surface area contributed by atoms with Gasteiger partial charge in [0.2, 0.25) is 0 Å². The first-order chi connectivity index (χ1) is 73.3.